The minimum absolute atomic E-state index is 0.0958. The van der Waals surface area contributed by atoms with Gasteiger partial charge in [-0.05, 0) is 37.0 Å². The molecule has 1 atom stereocenters. The highest BCUT2D eigenvalue weighted by Gasteiger charge is 2.20. The number of benzene rings is 1. The van der Waals surface area contributed by atoms with Crippen molar-refractivity contribution >= 4 is 0 Å². The highest BCUT2D eigenvalue weighted by Crippen LogP contribution is 2.23. The van der Waals surface area contributed by atoms with E-state index in [0.29, 0.717) is 12.3 Å². The maximum atomic E-state index is 8.96. The fourth-order valence-electron chi connectivity index (χ4n) is 1.57. The second-order valence-corrected chi connectivity index (χ2v) is 5.12. The van der Waals surface area contributed by atoms with Crippen LogP contribution in [0.25, 0.3) is 0 Å². The molecule has 3 nitrogen and oxygen atoms in total. The lowest BCUT2D eigenvalue weighted by Crippen LogP contribution is -2.33. The van der Waals surface area contributed by atoms with Gasteiger partial charge >= 0.3 is 0 Å². The molecule has 0 fully saturated rings. The first-order chi connectivity index (χ1) is 7.95. The lowest BCUT2D eigenvalue weighted by molar-refractivity contribution is 0.247. The summed E-state index contributed by atoms with van der Waals surface area (Å²) in [5.41, 5.74) is 6.66. The molecule has 3 N–H and O–H groups in total. The topological polar surface area (TPSA) is 55.5 Å². The summed E-state index contributed by atoms with van der Waals surface area (Å²) in [5.74, 6) is 1.38. The van der Waals surface area contributed by atoms with Crippen molar-refractivity contribution in [3.8, 4) is 5.75 Å². The Morgan fingerprint density at radius 2 is 1.88 bits per heavy atom. The third-order valence-electron chi connectivity index (χ3n) is 2.73. The van der Waals surface area contributed by atoms with E-state index in [2.05, 4.69) is 13.8 Å². The van der Waals surface area contributed by atoms with Crippen LogP contribution in [0.5, 0.6) is 5.75 Å². The quantitative estimate of drug-likeness (QED) is 0.798. The molecule has 1 unspecified atom stereocenters. The number of rotatable bonds is 6. The Balaban J connectivity index is 2.67. The molecule has 0 amide bonds. The Morgan fingerprint density at radius 1 is 1.29 bits per heavy atom. The summed E-state index contributed by atoms with van der Waals surface area (Å²) in [4.78, 5) is 0. The van der Waals surface area contributed by atoms with Gasteiger partial charge < -0.3 is 15.6 Å². The molecule has 1 aromatic rings. The number of ether oxygens (including phenoxy) is 1. The van der Waals surface area contributed by atoms with Gasteiger partial charge in [0.15, 0.2) is 0 Å². The van der Waals surface area contributed by atoms with Crippen LogP contribution >= 0.6 is 0 Å². The molecule has 0 aliphatic heterocycles. The van der Waals surface area contributed by atoms with Crippen molar-refractivity contribution in [2.45, 2.75) is 32.7 Å². The maximum Gasteiger partial charge on any atom is 0.119 e. The average Bonchev–Trinajstić information content (AvgIpc) is 2.27. The third kappa shape index (κ3) is 4.36. The van der Waals surface area contributed by atoms with E-state index in [1.807, 2.05) is 31.2 Å². The molecule has 0 radical (unpaired) electrons. The molecule has 0 aromatic heterocycles. The first-order valence-electron chi connectivity index (χ1n) is 6.09. The van der Waals surface area contributed by atoms with Gasteiger partial charge in [-0.15, -0.1) is 0 Å². The molecule has 1 rings (SSSR count). The normalized spacial score (nSPS) is 14.7. The molecule has 0 saturated heterocycles. The van der Waals surface area contributed by atoms with Crippen LogP contribution in [0.15, 0.2) is 24.3 Å². The SMILES string of the molecule is CC(C)COc1ccc(C(C)(N)CCO)cc1. The van der Waals surface area contributed by atoms with Gasteiger partial charge in [0.05, 0.1) is 6.61 Å². The fraction of sp³-hybridized carbons (Fsp3) is 0.571. The van der Waals surface area contributed by atoms with Crippen molar-refractivity contribution in [1.82, 2.24) is 0 Å². The van der Waals surface area contributed by atoms with E-state index in [9.17, 15) is 0 Å². The second-order valence-electron chi connectivity index (χ2n) is 5.12. The minimum Gasteiger partial charge on any atom is -0.493 e. The van der Waals surface area contributed by atoms with Crippen LogP contribution in [0.4, 0.5) is 0 Å². The molecule has 0 spiro atoms. The Kier molecular flexibility index (Phi) is 4.97. The fourth-order valence-corrected chi connectivity index (χ4v) is 1.57. The van der Waals surface area contributed by atoms with E-state index in [0.717, 1.165) is 17.9 Å². The zero-order valence-electron chi connectivity index (χ0n) is 10.9. The van der Waals surface area contributed by atoms with Crippen molar-refractivity contribution in [3.05, 3.63) is 29.8 Å². The smallest absolute Gasteiger partial charge is 0.119 e. The summed E-state index contributed by atoms with van der Waals surface area (Å²) < 4.78 is 5.60. The first-order valence-corrected chi connectivity index (χ1v) is 6.09. The summed E-state index contributed by atoms with van der Waals surface area (Å²) in [5, 5.41) is 8.96. The van der Waals surface area contributed by atoms with E-state index in [1.54, 1.807) is 0 Å². The third-order valence-corrected chi connectivity index (χ3v) is 2.73. The molecule has 0 aliphatic carbocycles. The molecule has 0 bridgehead atoms. The van der Waals surface area contributed by atoms with Crippen molar-refractivity contribution in [2.75, 3.05) is 13.2 Å². The first kappa shape index (κ1) is 14.0. The summed E-state index contributed by atoms with van der Waals surface area (Å²) in [6.07, 6.45) is 0.555. The summed E-state index contributed by atoms with van der Waals surface area (Å²) in [6.45, 7) is 6.97. The van der Waals surface area contributed by atoms with Crippen molar-refractivity contribution in [3.63, 3.8) is 0 Å². The molecule has 0 saturated carbocycles. The standard InChI is InChI=1S/C14H23NO2/c1-11(2)10-17-13-6-4-12(5-7-13)14(3,15)8-9-16/h4-7,11,16H,8-10,15H2,1-3H3. The van der Waals surface area contributed by atoms with Gasteiger partial charge in [0.1, 0.15) is 5.75 Å². The Labute approximate surface area is 104 Å². The predicted molar refractivity (Wildman–Crippen MR) is 70.0 cm³/mol. The molecular formula is C14H23NO2. The highest BCUT2D eigenvalue weighted by atomic mass is 16.5. The number of nitrogens with two attached hydrogens (primary N) is 1. The van der Waals surface area contributed by atoms with E-state index in [-0.39, 0.29) is 6.61 Å². The number of hydrogen-bond donors (Lipinski definition) is 2. The molecule has 0 heterocycles. The Morgan fingerprint density at radius 3 is 2.35 bits per heavy atom. The van der Waals surface area contributed by atoms with Crippen molar-refractivity contribution in [1.29, 1.82) is 0 Å². The van der Waals surface area contributed by atoms with Crippen LogP contribution in [0, 0.1) is 5.92 Å². The number of aliphatic hydroxyl groups is 1. The van der Waals surface area contributed by atoms with E-state index in [4.69, 9.17) is 15.6 Å². The zero-order valence-corrected chi connectivity index (χ0v) is 10.9. The molecule has 0 aliphatic rings. The number of aliphatic hydroxyl groups excluding tert-OH is 1. The predicted octanol–water partition coefficient (Wildman–Crippen LogP) is 2.28. The highest BCUT2D eigenvalue weighted by molar-refractivity contribution is 5.31. The molecular weight excluding hydrogens is 214 g/mol. The minimum atomic E-state index is -0.481. The summed E-state index contributed by atoms with van der Waals surface area (Å²) >= 11 is 0. The largest absolute Gasteiger partial charge is 0.493 e. The van der Waals surface area contributed by atoms with Crippen LogP contribution in [0.2, 0.25) is 0 Å². The van der Waals surface area contributed by atoms with E-state index in [1.165, 1.54) is 0 Å². The monoisotopic (exact) mass is 237 g/mol. The van der Waals surface area contributed by atoms with Crippen molar-refractivity contribution < 1.29 is 9.84 Å². The van der Waals surface area contributed by atoms with E-state index >= 15 is 0 Å². The molecule has 3 heteroatoms. The van der Waals surface area contributed by atoms with Gasteiger partial charge in [-0.3, -0.25) is 0 Å². The van der Waals surface area contributed by atoms with Crippen molar-refractivity contribution in [2.24, 2.45) is 11.7 Å². The van der Waals surface area contributed by atoms with Gasteiger partial charge in [0.2, 0.25) is 0 Å². The summed E-state index contributed by atoms with van der Waals surface area (Å²) in [7, 11) is 0. The van der Waals surface area contributed by atoms with Gasteiger partial charge in [0, 0.05) is 12.1 Å². The van der Waals surface area contributed by atoms with Crippen LogP contribution < -0.4 is 10.5 Å². The second kappa shape index (κ2) is 6.03. The molecule has 96 valence electrons. The Hall–Kier alpha value is -1.06. The maximum absolute atomic E-state index is 8.96. The van der Waals surface area contributed by atoms with Crippen LogP contribution in [0.1, 0.15) is 32.8 Å². The average molecular weight is 237 g/mol. The van der Waals surface area contributed by atoms with Crippen LogP contribution in [-0.2, 0) is 5.54 Å². The van der Waals surface area contributed by atoms with Gasteiger partial charge in [-0.25, -0.2) is 0 Å². The van der Waals surface area contributed by atoms with Gasteiger partial charge in [-0.2, -0.15) is 0 Å². The van der Waals surface area contributed by atoms with Gasteiger partial charge in [0.25, 0.3) is 0 Å². The zero-order chi connectivity index (χ0) is 12.9. The Bertz CT molecular complexity index is 331. The molecule has 17 heavy (non-hydrogen) atoms. The lowest BCUT2D eigenvalue weighted by Gasteiger charge is -2.24. The molecule has 1 aromatic carbocycles. The summed E-state index contributed by atoms with van der Waals surface area (Å²) in [6, 6.07) is 7.79. The lowest BCUT2D eigenvalue weighted by atomic mass is 9.90. The van der Waals surface area contributed by atoms with Crippen LogP contribution in [0.3, 0.4) is 0 Å². The van der Waals surface area contributed by atoms with Gasteiger partial charge in [-0.1, -0.05) is 26.0 Å². The number of hydrogen-bond acceptors (Lipinski definition) is 3. The van der Waals surface area contributed by atoms with Crippen LogP contribution in [-0.4, -0.2) is 18.3 Å². The van der Waals surface area contributed by atoms with E-state index < -0.39 is 5.54 Å².